The van der Waals surface area contributed by atoms with Crippen LogP contribution in [0.25, 0.3) is 0 Å². The highest BCUT2D eigenvalue weighted by Crippen LogP contribution is 2.41. The van der Waals surface area contributed by atoms with Crippen molar-refractivity contribution >= 4 is 29.6 Å². The van der Waals surface area contributed by atoms with E-state index in [-0.39, 0.29) is 22.4 Å². The van der Waals surface area contributed by atoms with E-state index in [0.717, 1.165) is 10.5 Å². The van der Waals surface area contributed by atoms with Gasteiger partial charge in [-0.25, -0.2) is 9.78 Å². The number of carboxylic acids is 1. The fourth-order valence-corrected chi connectivity index (χ4v) is 5.12. The van der Waals surface area contributed by atoms with E-state index in [2.05, 4.69) is 4.98 Å². The molecule has 0 aliphatic heterocycles. The number of hydrogen-bond donors (Lipinski definition) is 1. The highest BCUT2D eigenvalue weighted by molar-refractivity contribution is 7.99. The lowest BCUT2D eigenvalue weighted by Crippen LogP contribution is -2.50. The van der Waals surface area contributed by atoms with Gasteiger partial charge in [0.15, 0.2) is 17.2 Å². The Balaban J connectivity index is 2.07. The molecule has 0 aliphatic rings. The Labute approximate surface area is 225 Å². The van der Waals surface area contributed by atoms with E-state index in [1.165, 1.54) is 49.9 Å². The third-order valence-electron chi connectivity index (χ3n) is 5.78. The van der Waals surface area contributed by atoms with Crippen LogP contribution in [0.4, 0.5) is 0 Å². The van der Waals surface area contributed by atoms with Crippen molar-refractivity contribution in [1.29, 1.82) is 0 Å². The number of pyridine rings is 1. The molecule has 1 aromatic heterocycles. The van der Waals surface area contributed by atoms with Gasteiger partial charge in [0.05, 0.1) is 12.4 Å². The summed E-state index contributed by atoms with van der Waals surface area (Å²) in [4.78, 5) is 44.0. The smallest absolute Gasteiger partial charge is 0.326 e. The van der Waals surface area contributed by atoms with Gasteiger partial charge in [-0.2, -0.15) is 0 Å². The zero-order valence-electron chi connectivity index (χ0n) is 21.6. The molecule has 38 heavy (non-hydrogen) atoms. The van der Waals surface area contributed by atoms with Crippen LogP contribution in [0.15, 0.2) is 77.8 Å². The van der Waals surface area contributed by atoms with E-state index in [4.69, 9.17) is 14.2 Å². The molecule has 2 unspecified atom stereocenters. The van der Waals surface area contributed by atoms with E-state index in [1.807, 2.05) is 67.6 Å². The average molecular weight is 539 g/mol. The highest BCUT2D eigenvalue weighted by Gasteiger charge is 2.38. The predicted molar refractivity (Wildman–Crippen MR) is 142 cm³/mol. The molecule has 0 spiro atoms. The maximum atomic E-state index is 14.1. The Kier molecular flexibility index (Phi) is 10.1. The SMILES string of the molecule is COc1ccnc(C(=O)N(C(C)C(Sc2ccccc2)c2ccccc2)[C@@H](C)C(=O)O)c1OCOC(C)=O. The molecule has 3 aromatic rings. The number of aromatic nitrogens is 1. The number of thioether (sulfide) groups is 1. The average Bonchev–Trinajstić information content (AvgIpc) is 2.92. The molecule has 0 saturated carbocycles. The Morgan fingerprint density at radius 3 is 2.21 bits per heavy atom. The van der Waals surface area contributed by atoms with Crippen molar-refractivity contribution in [2.24, 2.45) is 0 Å². The highest BCUT2D eigenvalue weighted by atomic mass is 32.2. The predicted octanol–water partition coefficient (Wildman–Crippen LogP) is 4.83. The molecular formula is C28H30N2O7S. The topological polar surface area (TPSA) is 115 Å². The minimum Gasteiger partial charge on any atom is -0.493 e. The molecule has 9 nitrogen and oxygen atoms in total. The van der Waals surface area contributed by atoms with Crippen molar-refractivity contribution in [3.8, 4) is 11.5 Å². The molecule has 1 N–H and O–H groups in total. The van der Waals surface area contributed by atoms with Gasteiger partial charge in [-0.3, -0.25) is 9.59 Å². The summed E-state index contributed by atoms with van der Waals surface area (Å²) in [6.07, 6.45) is 1.37. The number of methoxy groups -OCH3 is 1. The summed E-state index contributed by atoms with van der Waals surface area (Å²) in [6.45, 7) is 4.01. The third kappa shape index (κ3) is 7.04. The van der Waals surface area contributed by atoms with E-state index in [9.17, 15) is 19.5 Å². The molecule has 1 amide bonds. The fourth-order valence-electron chi connectivity index (χ4n) is 3.89. The second kappa shape index (κ2) is 13.5. The van der Waals surface area contributed by atoms with E-state index < -0.39 is 36.7 Å². The summed E-state index contributed by atoms with van der Waals surface area (Å²) in [5.74, 6) is -2.28. The quantitative estimate of drug-likeness (QED) is 0.197. The van der Waals surface area contributed by atoms with Gasteiger partial charge < -0.3 is 24.2 Å². The number of aliphatic carboxylic acids is 1. The first kappa shape index (κ1) is 28.5. The number of esters is 1. The van der Waals surface area contributed by atoms with Crippen LogP contribution < -0.4 is 9.47 Å². The molecule has 0 saturated heterocycles. The van der Waals surface area contributed by atoms with Gasteiger partial charge in [0.1, 0.15) is 6.04 Å². The van der Waals surface area contributed by atoms with E-state index in [0.29, 0.717) is 0 Å². The lowest BCUT2D eigenvalue weighted by molar-refractivity contribution is -0.147. The van der Waals surface area contributed by atoms with Crippen LogP contribution in [0.3, 0.4) is 0 Å². The Morgan fingerprint density at radius 2 is 1.63 bits per heavy atom. The summed E-state index contributed by atoms with van der Waals surface area (Å²) in [5, 5.41) is 9.66. The molecule has 1 heterocycles. The Morgan fingerprint density at radius 1 is 1.00 bits per heavy atom. The first-order chi connectivity index (χ1) is 18.2. The van der Waals surface area contributed by atoms with E-state index >= 15 is 0 Å². The van der Waals surface area contributed by atoms with Crippen molar-refractivity contribution in [2.45, 2.75) is 43.0 Å². The molecular weight excluding hydrogens is 508 g/mol. The number of rotatable bonds is 12. The maximum Gasteiger partial charge on any atom is 0.326 e. The molecule has 0 fully saturated rings. The second-order valence-electron chi connectivity index (χ2n) is 8.32. The summed E-state index contributed by atoms with van der Waals surface area (Å²) in [7, 11) is 1.39. The Bertz CT molecular complexity index is 1240. The third-order valence-corrected chi connectivity index (χ3v) is 7.24. The number of amides is 1. The van der Waals surface area contributed by atoms with Gasteiger partial charge in [-0.1, -0.05) is 48.5 Å². The first-order valence-corrected chi connectivity index (χ1v) is 12.7. The Hall–Kier alpha value is -4.05. The van der Waals surface area contributed by atoms with E-state index in [1.54, 1.807) is 0 Å². The van der Waals surface area contributed by atoms with Crippen LogP contribution in [0.5, 0.6) is 11.5 Å². The lowest BCUT2D eigenvalue weighted by atomic mass is 10.0. The van der Waals surface area contributed by atoms with Crippen molar-refractivity contribution in [2.75, 3.05) is 13.9 Å². The van der Waals surface area contributed by atoms with Gasteiger partial charge in [0.2, 0.25) is 6.79 Å². The summed E-state index contributed by atoms with van der Waals surface area (Å²) >= 11 is 1.53. The summed E-state index contributed by atoms with van der Waals surface area (Å²) in [6, 6.07) is 19.0. The van der Waals surface area contributed by atoms with Crippen molar-refractivity contribution in [3.63, 3.8) is 0 Å². The molecule has 3 atom stereocenters. The summed E-state index contributed by atoms with van der Waals surface area (Å²) in [5.41, 5.74) is 0.766. The van der Waals surface area contributed by atoms with Gasteiger partial charge in [-0.05, 0) is 31.5 Å². The number of benzene rings is 2. The molecule has 0 bridgehead atoms. The number of carbonyl (C=O) groups excluding carboxylic acids is 2. The number of nitrogens with zero attached hydrogens (tertiary/aromatic N) is 2. The van der Waals surface area contributed by atoms with Crippen LogP contribution in [-0.4, -0.2) is 58.8 Å². The standard InChI is InChI=1S/C28H30N2O7S/c1-18(26(21-11-7-5-8-12-21)38-22-13-9-6-10-14-22)30(19(2)28(33)34)27(32)24-25(37-17-36-20(3)31)23(35-4)15-16-29-24/h5-16,18-19,26H,17H2,1-4H3,(H,33,34)/t18?,19-,26?/m0/s1. The molecule has 10 heteroatoms. The second-order valence-corrected chi connectivity index (χ2v) is 9.53. The number of hydrogen-bond acceptors (Lipinski definition) is 8. The van der Waals surface area contributed by atoms with Crippen LogP contribution in [0.1, 0.15) is 42.1 Å². The van der Waals surface area contributed by atoms with Gasteiger partial charge >= 0.3 is 11.9 Å². The van der Waals surface area contributed by atoms with Gasteiger partial charge in [-0.15, -0.1) is 11.8 Å². The van der Waals surface area contributed by atoms with Crippen LogP contribution >= 0.6 is 11.8 Å². The molecule has 3 rings (SSSR count). The molecule has 200 valence electrons. The number of carbonyl (C=O) groups is 3. The van der Waals surface area contributed by atoms with Crippen LogP contribution in [0, 0.1) is 0 Å². The van der Waals surface area contributed by atoms with Gasteiger partial charge in [0, 0.05) is 30.1 Å². The zero-order chi connectivity index (χ0) is 27.7. The monoisotopic (exact) mass is 538 g/mol. The minimum absolute atomic E-state index is 0.0528. The summed E-state index contributed by atoms with van der Waals surface area (Å²) < 4.78 is 15.8. The minimum atomic E-state index is -1.20. The number of ether oxygens (including phenoxy) is 3. The number of carboxylic acid groups (broad SMARTS) is 1. The lowest BCUT2D eigenvalue weighted by Gasteiger charge is -2.37. The molecule has 0 aliphatic carbocycles. The molecule has 0 radical (unpaired) electrons. The van der Waals surface area contributed by atoms with Crippen molar-refractivity contribution in [3.05, 3.63) is 84.2 Å². The van der Waals surface area contributed by atoms with Crippen LogP contribution in [-0.2, 0) is 14.3 Å². The zero-order valence-corrected chi connectivity index (χ0v) is 22.4. The normalized spacial score (nSPS) is 13.1. The van der Waals surface area contributed by atoms with Gasteiger partial charge in [0.25, 0.3) is 5.91 Å². The van der Waals surface area contributed by atoms with Crippen molar-refractivity contribution < 1.29 is 33.7 Å². The largest absolute Gasteiger partial charge is 0.493 e. The maximum absolute atomic E-state index is 14.1. The van der Waals surface area contributed by atoms with Crippen LogP contribution in [0.2, 0.25) is 0 Å². The first-order valence-electron chi connectivity index (χ1n) is 11.9. The molecule has 2 aromatic carbocycles. The fraction of sp³-hybridized carbons (Fsp3) is 0.286. The van der Waals surface area contributed by atoms with Crippen molar-refractivity contribution in [1.82, 2.24) is 9.88 Å².